The molecule has 0 spiro atoms. The maximum Gasteiger partial charge on any atom is 0.119 e. The Bertz CT molecular complexity index is 987. The van der Waals surface area contributed by atoms with E-state index in [4.69, 9.17) is 15.2 Å². The summed E-state index contributed by atoms with van der Waals surface area (Å²) in [5, 5.41) is 9.58. The molecule has 0 aliphatic heterocycles. The summed E-state index contributed by atoms with van der Waals surface area (Å²) in [5.74, 6) is 2.50. The van der Waals surface area contributed by atoms with Crippen LogP contribution in [0.3, 0.4) is 0 Å². The van der Waals surface area contributed by atoms with Crippen LogP contribution in [-0.4, -0.2) is 31.5 Å². The second-order valence-electron chi connectivity index (χ2n) is 8.55. The molecule has 168 valence electrons. The maximum atomic E-state index is 9.58. The molecule has 0 radical (unpaired) electrons. The second-order valence-corrected chi connectivity index (χ2v) is 8.55. The zero-order valence-corrected chi connectivity index (χ0v) is 18.7. The Morgan fingerprint density at radius 1 is 0.969 bits per heavy atom. The predicted molar refractivity (Wildman–Crippen MR) is 129 cm³/mol. The Kier molecular flexibility index (Phi) is 7.46. The topological polar surface area (TPSA) is 64.7 Å². The summed E-state index contributed by atoms with van der Waals surface area (Å²) in [6.45, 7) is 0.876. The average Bonchev–Trinajstić information content (AvgIpc) is 2.86. The molecule has 32 heavy (non-hydrogen) atoms. The Morgan fingerprint density at radius 2 is 1.72 bits per heavy atom. The summed E-state index contributed by atoms with van der Waals surface area (Å²) in [4.78, 5) is 0. The minimum Gasteiger partial charge on any atom is -0.497 e. The summed E-state index contributed by atoms with van der Waals surface area (Å²) in [6.07, 6.45) is 3.17. The first-order valence-corrected chi connectivity index (χ1v) is 11.5. The summed E-state index contributed by atoms with van der Waals surface area (Å²) >= 11 is 0. The SMILES string of the molecule is COc1ccc2c(c1)CCC(c1ccccc1)C2c1ccc(OCCCC(O)CN)cc1. The first-order valence-electron chi connectivity index (χ1n) is 11.5. The van der Waals surface area contributed by atoms with Gasteiger partial charge in [-0.05, 0) is 78.1 Å². The van der Waals surface area contributed by atoms with Crippen LogP contribution in [0.4, 0.5) is 0 Å². The van der Waals surface area contributed by atoms with Crippen LogP contribution in [0.15, 0.2) is 72.8 Å². The number of ether oxygens (including phenoxy) is 2. The summed E-state index contributed by atoms with van der Waals surface area (Å²) in [6, 6.07) is 25.9. The molecule has 4 rings (SSSR count). The van der Waals surface area contributed by atoms with Crippen molar-refractivity contribution in [2.24, 2.45) is 5.73 Å². The molecule has 0 amide bonds. The van der Waals surface area contributed by atoms with Gasteiger partial charge in [0.1, 0.15) is 11.5 Å². The number of nitrogens with two attached hydrogens (primary N) is 1. The molecule has 3 unspecified atom stereocenters. The third-order valence-electron chi connectivity index (χ3n) is 6.50. The maximum absolute atomic E-state index is 9.58. The number of methoxy groups -OCH3 is 1. The summed E-state index contributed by atoms with van der Waals surface area (Å²) < 4.78 is 11.4. The fourth-order valence-electron chi connectivity index (χ4n) is 4.79. The number of hydrogen-bond acceptors (Lipinski definition) is 4. The average molecular weight is 432 g/mol. The van der Waals surface area contributed by atoms with E-state index < -0.39 is 6.10 Å². The summed E-state index contributed by atoms with van der Waals surface area (Å²) in [7, 11) is 1.73. The van der Waals surface area contributed by atoms with Gasteiger partial charge in [-0.1, -0.05) is 48.5 Å². The highest BCUT2D eigenvalue weighted by molar-refractivity contribution is 5.48. The highest BCUT2D eigenvalue weighted by Gasteiger charge is 2.32. The Morgan fingerprint density at radius 3 is 2.44 bits per heavy atom. The van der Waals surface area contributed by atoms with Crippen LogP contribution in [0.5, 0.6) is 11.5 Å². The molecule has 4 nitrogen and oxygen atoms in total. The van der Waals surface area contributed by atoms with Crippen molar-refractivity contribution in [2.45, 2.75) is 43.6 Å². The standard InChI is InChI=1S/C28H33NO3/c1-31-25-14-16-27-22(18-25)11-15-26(20-6-3-2-4-7-20)28(27)21-9-12-24(13-10-21)32-17-5-8-23(30)19-29/h2-4,6-7,9-10,12-14,16,18,23,26,28,30H,5,8,11,15,17,19,29H2,1H3. The lowest BCUT2D eigenvalue weighted by Crippen LogP contribution is -2.20. The number of hydrogen-bond donors (Lipinski definition) is 2. The van der Waals surface area contributed by atoms with Gasteiger partial charge < -0.3 is 20.3 Å². The lowest BCUT2D eigenvalue weighted by molar-refractivity contribution is 0.160. The molecule has 0 bridgehead atoms. The van der Waals surface area contributed by atoms with E-state index in [0.29, 0.717) is 31.4 Å². The van der Waals surface area contributed by atoms with Gasteiger partial charge in [-0.15, -0.1) is 0 Å². The molecule has 3 aromatic rings. The Hall–Kier alpha value is -2.82. The third-order valence-corrected chi connectivity index (χ3v) is 6.50. The van der Waals surface area contributed by atoms with Crippen molar-refractivity contribution in [3.8, 4) is 11.5 Å². The molecule has 4 heteroatoms. The molecule has 3 atom stereocenters. The number of rotatable bonds is 9. The van der Waals surface area contributed by atoms with Crippen LogP contribution in [-0.2, 0) is 6.42 Å². The molecule has 1 aliphatic rings. The van der Waals surface area contributed by atoms with Crippen LogP contribution in [0, 0.1) is 0 Å². The molecule has 3 aromatic carbocycles. The number of aliphatic hydroxyl groups is 1. The van der Waals surface area contributed by atoms with E-state index in [1.54, 1.807) is 7.11 Å². The van der Waals surface area contributed by atoms with Crippen LogP contribution in [0.2, 0.25) is 0 Å². The van der Waals surface area contributed by atoms with Crippen molar-refractivity contribution >= 4 is 0 Å². The Balaban J connectivity index is 1.57. The van der Waals surface area contributed by atoms with Gasteiger partial charge >= 0.3 is 0 Å². The zero-order valence-electron chi connectivity index (χ0n) is 18.7. The van der Waals surface area contributed by atoms with E-state index in [-0.39, 0.29) is 0 Å². The number of fused-ring (bicyclic) bond motifs is 1. The molecule has 1 aliphatic carbocycles. The van der Waals surface area contributed by atoms with Crippen molar-refractivity contribution in [2.75, 3.05) is 20.3 Å². The zero-order chi connectivity index (χ0) is 22.3. The first-order chi connectivity index (χ1) is 15.7. The summed E-state index contributed by atoms with van der Waals surface area (Å²) in [5.41, 5.74) is 10.9. The third kappa shape index (κ3) is 5.14. The van der Waals surface area contributed by atoms with Gasteiger partial charge in [-0.3, -0.25) is 0 Å². The molecular formula is C28H33NO3. The lowest BCUT2D eigenvalue weighted by atomic mass is 9.69. The van der Waals surface area contributed by atoms with Crippen LogP contribution in [0.25, 0.3) is 0 Å². The van der Waals surface area contributed by atoms with E-state index in [9.17, 15) is 5.11 Å². The Labute approximate surface area is 191 Å². The van der Waals surface area contributed by atoms with E-state index >= 15 is 0 Å². The van der Waals surface area contributed by atoms with Crippen LogP contribution < -0.4 is 15.2 Å². The normalized spacial score (nSPS) is 18.6. The number of aliphatic hydroxyl groups excluding tert-OH is 1. The quantitative estimate of drug-likeness (QED) is 0.466. The second kappa shape index (κ2) is 10.7. The lowest BCUT2D eigenvalue weighted by Gasteiger charge is -2.35. The monoisotopic (exact) mass is 431 g/mol. The van der Waals surface area contributed by atoms with Gasteiger partial charge in [0.15, 0.2) is 0 Å². The van der Waals surface area contributed by atoms with Gasteiger partial charge in [0.2, 0.25) is 0 Å². The first kappa shape index (κ1) is 22.4. The van der Waals surface area contributed by atoms with Gasteiger partial charge in [0, 0.05) is 12.5 Å². The van der Waals surface area contributed by atoms with E-state index in [1.165, 1.54) is 22.3 Å². The molecule has 0 fully saturated rings. The van der Waals surface area contributed by atoms with Crippen molar-refractivity contribution in [1.29, 1.82) is 0 Å². The number of aryl methyl sites for hydroxylation is 1. The molecule has 0 heterocycles. The molecule has 0 aromatic heterocycles. The fourth-order valence-corrected chi connectivity index (χ4v) is 4.79. The minimum atomic E-state index is -0.444. The molecule has 0 saturated heterocycles. The smallest absolute Gasteiger partial charge is 0.119 e. The minimum absolute atomic E-state index is 0.292. The molecular weight excluding hydrogens is 398 g/mol. The van der Waals surface area contributed by atoms with Crippen molar-refractivity contribution < 1.29 is 14.6 Å². The van der Waals surface area contributed by atoms with Crippen molar-refractivity contribution in [3.63, 3.8) is 0 Å². The van der Waals surface area contributed by atoms with Crippen molar-refractivity contribution in [1.82, 2.24) is 0 Å². The van der Waals surface area contributed by atoms with E-state index in [0.717, 1.165) is 30.8 Å². The van der Waals surface area contributed by atoms with Gasteiger partial charge in [0.05, 0.1) is 19.8 Å². The number of benzene rings is 3. The largest absolute Gasteiger partial charge is 0.497 e. The van der Waals surface area contributed by atoms with Crippen LogP contribution in [0.1, 0.15) is 53.4 Å². The molecule has 3 N–H and O–H groups in total. The van der Waals surface area contributed by atoms with E-state index in [2.05, 4.69) is 72.8 Å². The predicted octanol–water partition coefficient (Wildman–Crippen LogP) is 5.04. The highest BCUT2D eigenvalue weighted by Crippen LogP contribution is 2.47. The van der Waals surface area contributed by atoms with Gasteiger partial charge in [-0.2, -0.15) is 0 Å². The van der Waals surface area contributed by atoms with Crippen LogP contribution >= 0.6 is 0 Å². The molecule has 0 saturated carbocycles. The van der Waals surface area contributed by atoms with Crippen molar-refractivity contribution in [3.05, 3.63) is 95.1 Å². The van der Waals surface area contributed by atoms with Gasteiger partial charge in [0.25, 0.3) is 0 Å². The van der Waals surface area contributed by atoms with Gasteiger partial charge in [-0.25, -0.2) is 0 Å². The highest BCUT2D eigenvalue weighted by atomic mass is 16.5. The fraction of sp³-hybridized carbons (Fsp3) is 0.357. The van der Waals surface area contributed by atoms with E-state index in [1.807, 2.05) is 0 Å².